The average molecular weight is 291 g/mol. The Hall–Kier alpha value is -1.68. The Labute approximate surface area is 119 Å². The fourth-order valence-corrected chi connectivity index (χ4v) is 2.92. The highest BCUT2D eigenvalue weighted by molar-refractivity contribution is 7.12. The Morgan fingerprint density at radius 1 is 1.58 bits per heavy atom. The van der Waals surface area contributed by atoms with E-state index >= 15 is 0 Å². The monoisotopic (exact) mass is 291 g/mol. The van der Waals surface area contributed by atoms with Gasteiger partial charge in [0.05, 0.1) is 24.3 Å². The molecule has 2 rings (SSSR count). The van der Waals surface area contributed by atoms with Crippen LogP contribution in [-0.2, 0) is 6.54 Å². The van der Waals surface area contributed by atoms with Gasteiger partial charge in [-0.15, -0.1) is 22.7 Å². The number of hydrogen-bond acceptors (Lipinski definition) is 5. The smallest absolute Gasteiger partial charge is 0.265 e. The van der Waals surface area contributed by atoms with Gasteiger partial charge in [0.25, 0.3) is 5.91 Å². The Morgan fingerprint density at radius 2 is 2.42 bits per heavy atom. The standard InChI is InChI=1S/C13H13N3OS2/c1-16(7-11-8-18-9-15-11)13(17)12-10(3-2-5-14)4-6-19-12/h4,6,8-9H,5,7,14H2,1H3. The van der Waals surface area contributed by atoms with Crippen molar-refractivity contribution in [3.63, 3.8) is 0 Å². The van der Waals surface area contributed by atoms with E-state index in [1.165, 1.54) is 22.7 Å². The number of nitrogens with two attached hydrogens (primary N) is 1. The first-order valence-electron chi connectivity index (χ1n) is 5.61. The van der Waals surface area contributed by atoms with Gasteiger partial charge >= 0.3 is 0 Å². The molecule has 19 heavy (non-hydrogen) atoms. The summed E-state index contributed by atoms with van der Waals surface area (Å²) in [5.41, 5.74) is 8.75. The third-order valence-corrected chi connectivity index (χ3v) is 3.95. The lowest BCUT2D eigenvalue weighted by Crippen LogP contribution is -2.26. The number of aromatic nitrogens is 1. The number of amides is 1. The van der Waals surface area contributed by atoms with Crippen LogP contribution in [0.25, 0.3) is 0 Å². The minimum absolute atomic E-state index is 0.0377. The van der Waals surface area contributed by atoms with Gasteiger partial charge in [0.15, 0.2) is 0 Å². The minimum atomic E-state index is -0.0377. The van der Waals surface area contributed by atoms with Crippen molar-refractivity contribution >= 4 is 28.6 Å². The maximum absolute atomic E-state index is 12.3. The minimum Gasteiger partial charge on any atom is -0.335 e. The van der Waals surface area contributed by atoms with Crippen LogP contribution in [-0.4, -0.2) is 29.4 Å². The first-order valence-corrected chi connectivity index (χ1v) is 7.43. The number of thiophene rings is 1. The molecule has 2 aromatic heterocycles. The molecular weight excluding hydrogens is 278 g/mol. The van der Waals surface area contributed by atoms with Crippen molar-refractivity contribution in [2.45, 2.75) is 6.54 Å². The summed E-state index contributed by atoms with van der Waals surface area (Å²) in [6.07, 6.45) is 0. The molecule has 0 aliphatic rings. The number of carbonyl (C=O) groups is 1. The summed E-state index contributed by atoms with van der Waals surface area (Å²) in [6, 6.07) is 1.84. The van der Waals surface area contributed by atoms with E-state index in [1.807, 2.05) is 16.8 Å². The Kier molecular flexibility index (Phi) is 4.68. The van der Waals surface area contributed by atoms with Gasteiger partial charge in [0, 0.05) is 18.0 Å². The van der Waals surface area contributed by atoms with Gasteiger partial charge in [-0.1, -0.05) is 11.8 Å². The number of nitrogens with zero attached hydrogens (tertiary/aromatic N) is 2. The van der Waals surface area contributed by atoms with Crippen molar-refractivity contribution in [3.05, 3.63) is 38.5 Å². The zero-order valence-corrected chi connectivity index (χ0v) is 12.1. The van der Waals surface area contributed by atoms with Gasteiger partial charge in [0.2, 0.25) is 0 Å². The summed E-state index contributed by atoms with van der Waals surface area (Å²) in [7, 11) is 1.77. The van der Waals surface area contributed by atoms with E-state index in [2.05, 4.69) is 16.8 Å². The lowest BCUT2D eigenvalue weighted by atomic mass is 10.2. The highest BCUT2D eigenvalue weighted by Crippen LogP contribution is 2.18. The van der Waals surface area contributed by atoms with Crippen molar-refractivity contribution in [3.8, 4) is 11.8 Å². The van der Waals surface area contributed by atoms with Crippen LogP contribution in [0.4, 0.5) is 0 Å². The van der Waals surface area contributed by atoms with Gasteiger partial charge in [0.1, 0.15) is 4.88 Å². The quantitative estimate of drug-likeness (QED) is 0.877. The van der Waals surface area contributed by atoms with Gasteiger partial charge in [-0.25, -0.2) is 4.98 Å². The van der Waals surface area contributed by atoms with E-state index in [4.69, 9.17) is 5.73 Å². The molecule has 1 amide bonds. The fraction of sp³-hybridized carbons (Fsp3) is 0.231. The molecule has 0 aliphatic heterocycles. The zero-order valence-electron chi connectivity index (χ0n) is 10.4. The summed E-state index contributed by atoms with van der Waals surface area (Å²) < 4.78 is 0. The molecule has 0 radical (unpaired) electrons. The van der Waals surface area contributed by atoms with Crippen molar-refractivity contribution < 1.29 is 4.79 Å². The Balaban J connectivity index is 2.13. The lowest BCUT2D eigenvalue weighted by molar-refractivity contribution is 0.0788. The molecular formula is C13H13N3OS2. The molecule has 0 spiro atoms. The van der Waals surface area contributed by atoms with Crippen LogP contribution < -0.4 is 5.73 Å². The molecule has 0 fully saturated rings. The second-order valence-corrected chi connectivity index (χ2v) is 5.45. The molecule has 2 heterocycles. The van der Waals surface area contributed by atoms with Gasteiger partial charge in [-0.3, -0.25) is 4.79 Å². The van der Waals surface area contributed by atoms with Crippen LogP contribution in [0.5, 0.6) is 0 Å². The third kappa shape index (κ3) is 3.41. The molecule has 2 aromatic rings. The number of rotatable bonds is 3. The first kappa shape index (κ1) is 13.7. The normalized spacial score (nSPS) is 9.79. The van der Waals surface area contributed by atoms with Crippen molar-refractivity contribution in [2.75, 3.05) is 13.6 Å². The first-order chi connectivity index (χ1) is 9.22. The maximum atomic E-state index is 12.3. The van der Waals surface area contributed by atoms with Crippen molar-refractivity contribution in [1.82, 2.24) is 9.88 Å². The van der Waals surface area contributed by atoms with E-state index in [1.54, 1.807) is 17.5 Å². The predicted molar refractivity (Wildman–Crippen MR) is 78.2 cm³/mol. The molecule has 0 unspecified atom stereocenters. The summed E-state index contributed by atoms with van der Waals surface area (Å²) in [4.78, 5) is 18.8. The molecule has 0 saturated carbocycles. The summed E-state index contributed by atoms with van der Waals surface area (Å²) in [6.45, 7) is 0.794. The summed E-state index contributed by atoms with van der Waals surface area (Å²) in [5.74, 6) is 5.66. The van der Waals surface area contributed by atoms with Crippen LogP contribution in [0.15, 0.2) is 22.3 Å². The van der Waals surface area contributed by atoms with E-state index in [-0.39, 0.29) is 12.5 Å². The van der Waals surface area contributed by atoms with E-state index in [9.17, 15) is 4.79 Å². The largest absolute Gasteiger partial charge is 0.335 e. The average Bonchev–Trinajstić information content (AvgIpc) is 3.06. The number of carbonyl (C=O) groups excluding carboxylic acids is 1. The molecule has 0 atom stereocenters. The molecule has 0 saturated heterocycles. The lowest BCUT2D eigenvalue weighted by Gasteiger charge is -2.15. The topological polar surface area (TPSA) is 59.2 Å². The van der Waals surface area contributed by atoms with E-state index < -0.39 is 0 Å². The molecule has 0 bridgehead atoms. The van der Waals surface area contributed by atoms with Gasteiger partial charge < -0.3 is 10.6 Å². The fourth-order valence-electron chi connectivity index (χ4n) is 1.52. The molecule has 98 valence electrons. The molecule has 0 aromatic carbocycles. The highest BCUT2D eigenvalue weighted by atomic mass is 32.1. The predicted octanol–water partition coefficient (Wildman–Crippen LogP) is 1.79. The van der Waals surface area contributed by atoms with Gasteiger partial charge in [-0.05, 0) is 11.4 Å². The van der Waals surface area contributed by atoms with Crippen LogP contribution in [0.1, 0.15) is 20.9 Å². The molecule has 6 heteroatoms. The van der Waals surface area contributed by atoms with Crippen LogP contribution in [0.3, 0.4) is 0 Å². The number of hydrogen-bond donors (Lipinski definition) is 1. The summed E-state index contributed by atoms with van der Waals surface area (Å²) >= 11 is 2.92. The second kappa shape index (κ2) is 6.48. The Morgan fingerprint density at radius 3 is 3.11 bits per heavy atom. The number of thiazole rings is 1. The molecule has 2 N–H and O–H groups in total. The SMILES string of the molecule is CN(Cc1cscn1)C(=O)c1sccc1C#CCN. The van der Waals surface area contributed by atoms with E-state index in [0.29, 0.717) is 11.4 Å². The summed E-state index contributed by atoms with van der Waals surface area (Å²) in [5, 5.41) is 3.80. The van der Waals surface area contributed by atoms with Crippen LogP contribution >= 0.6 is 22.7 Å². The Bertz CT molecular complexity index is 607. The highest BCUT2D eigenvalue weighted by Gasteiger charge is 2.17. The zero-order chi connectivity index (χ0) is 13.7. The molecule has 0 aliphatic carbocycles. The maximum Gasteiger partial charge on any atom is 0.265 e. The van der Waals surface area contributed by atoms with Crippen molar-refractivity contribution in [1.29, 1.82) is 0 Å². The van der Waals surface area contributed by atoms with Crippen LogP contribution in [0, 0.1) is 11.8 Å². The molecule has 4 nitrogen and oxygen atoms in total. The third-order valence-electron chi connectivity index (χ3n) is 2.41. The van der Waals surface area contributed by atoms with E-state index in [0.717, 1.165) is 11.3 Å². The second-order valence-electron chi connectivity index (χ2n) is 3.81. The van der Waals surface area contributed by atoms with Crippen molar-refractivity contribution in [2.24, 2.45) is 5.73 Å². The van der Waals surface area contributed by atoms with Gasteiger partial charge in [-0.2, -0.15) is 0 Å². The van der Waals surface area contributed by atoms with Crippen LogP contribution in [0.2, 0.25) is 0 Å².